The molecule has 0 aromatic heterocycles. The maximum atomic E-state index is 14.4. The van der Waals surface area contributed by atoms with Gasteiger partial charge in [0.2, 0.25) is 21.8 Å². The number of hydrogen-bond donors (Lipinski definition) is 1. The number of para-hydroxylation sites is 1. The summed E-state index contributed by atoms with van der Waals surface area (Å²) in [6.45, 7) is 4.90. The molecule has 32 heavy (non-hydrogen) atoms. The number of anilines is 1. The van der Waals surface area contributed by atoms with Crippen molar-refractivity contribution >= 4 is 27.5 Å². The van der Waals surface area contributed by atoms with E-state index in [2.05, 4.69) is 5.32 Å². The van der Waals surface area contributed by atoms with E-state index in [0.29, 0.717) is 6.42 Å². The van der Waals surface area contributed by atoms with Crippen molar-refractivity contribution in [1.82, 2.24) is 10.2 Å². The summed E-state index contributed by atoms with van der Waals surface area (Å²) >= 11 is 0. The van der Waals surface area contributed by atoms with E-state index in [4.69, 9.17) is 0 Å². The summed E-state index contributed by atoms with van der Waals surface area (Å²) in [6, 6.07) is 13.5. The van der Waals surface area contributed by atoms with Gasteiger partial charge < -0.3 is 10.2 Å². The van der Waals surface area contributed by atoms with Gasteiger partial charge in [-0.15, -0.1) is 0 Å². The lowest BCUT2D eigenvalue weighted by Gasteiger charge is -2.33. The Morgan fingerprint density at radius 2 is 1.62 bits per heavy atom. The minimum atomic E-state index is -3.97. The predicted octanol–water partition coefficient (Wildman–Crippen LogP) is 2.92. The number of nitrogens with one attached hydrogen (secondary N) is 1. The van der Waals surface area contributed by atoms with Gasteiger partial charge in [-0.3, -0.25) is 13.9 Å². The van der Waals surface area contributed by atoms with Crippen LogP contribution in [-0.2, 0) is 26.2 Å². The molecule has 0 aliphatic carbocycles. The lowest BCUT2D eigenvalue weighted by Crippen LogP contribution is -2.53. The summed E-state index contributed by atoms with van der Waals surface area (Å²) in [6.07, 6.45) is 1.24. The SMILES string of the molecule is CCC(C(=O)NC(C)C)N(Cc1ccccc1)C(=O)CN(c1ccccc1F)S(C)(=O)=O. The first kappa shape index (κ1) is 25.3. The van der Waals surface area contributed by atoms with E-state index in [1.54, 1.807) is 6.92 Å². The van der Waals surface area contributed by atoms with Crippen LogP contribution in [-0.4, -0.2) is 50.0 Å². The monoisotopic (exact) mass is 463 g/mol. The van der Waals surface area contributed by atoms with Crippen molar-refractivity contribution in [2.45, 2.75) is 45.8 Å². The Hall–Kier alpha value is -2.94. The van der Waals surface area contributed by atoms with E-state index < -0.39 is 34.3 Å². The van der Waals surface area contributed by atoms with E-state index in [1.165, 1.54) is 23.1 Å². The molecular formula is C23H30FN3O4S. The Balaban J connectivity index is 2.43. The highest BCUT2D eigenvalue weighted by molar-refractivity contribution is 7.92. The van der Waals surface area contributed by atoms with Crippen molar-refractivity contribution in [2.75, 3.05) is 17.1 Å². The maximum absolute atomic E-state index is 14.4. The van der Waals surface area contributed by atoms with Gasteiger partial charge in [0.1, 0.15) is 18.4 Å². The molecule has 0 spiro atoms. The van der Waals surface area contributed by atoms with Crippen molar-refractivity contribution in [3.05, 3.63) is 66.0 Å². The molecule has 2 amide bonds. The van der Waals surface area contributed by atoms with Crippen molar-refractivity contribution < 1.29 is 22.4 Å². The summed E-state index contributed by atoms with van der Waals surface area (Å²) in [7, 11) is -3.97. The number of sulfonamides is 1. The second kappa shape index (κ2) is 11.1. The van der Waals surface area contributed by atoms with Crippen molar-refractivity contribution in [3.63, 3.8) is 0 Å². The minimum Gasteiger partial charge on any atom is -0.352 e. The van der Waals surface area contributed by atoms with Gasteiger partial charge in [0, 0.05) is 12.6 Å². The molecule has 0 radical (unpaired) electrons. The number of nitrogens with zero attached hydrogens (tertiary/aromatic N) is 2. The number of halogens is 1. The first-order valence-corrected chi connectivity index (χ1v) is 12.3. The first-order chi connectivity index (χ1) is 15.0. The summed E-state index contributed by atoms with van der Waals surface area (Å²) in [5.74, 6) is -1.69. The fourth-order valence-electron chi connectivity index (χ4n) is 3.33. The molecule has 174 valence electrons. The highest BCUT2D eigenvalue weighted by atomic mass is 32.2. The number of amides is 2. The standard InChI is InChI=1S/C23H30FN3O4S/c1-5-20(23(29)25-17(2)3)26(15-18-11-7-6-8-12-18)22(28)16-27(32(4,30)31)21-14-10-9-13-19(21)24/h6-14,17,20H,5,15-16H2,1-4H3,(H,25,29). The molecule has 0 saturated carbocycles. The van der Waals surface area contributed by atoms with Gasteiger partial charge in [0.15, 0.2) is 0 Å². The Kier molecular flexibility index (Phi) is 8.77. The molecular weight excluding hydrogens is 433 g/mol. The summed E-state index contributed by atoms with van der Waals surface area (Å²) in [5, 5.41) is 2.81. The largest absolute Gasteiger partial charge is 0.352 e. The zero-order valence-corrected chi connectivity index (χ0v) is 19.6. The van der Waals surface area contributed by atoms with E-state index in [0.717, 1.165) is 22.2 Å². The molecule has 7 nitrogen and oxygen atoms in total. The molecule has 1 N–H and O–H groups in total. The van der Waals surface area contributed by atoms with E-state index >= 15 is 0 Å². The van der Waals surface area contributed by atoms with Crippen LogP contribution in [0.15, 0.2) is 54.6 Å². The van der Waals surface area contributed by atoms with Crippen LogP contribution in [0.4, 0.5) is 10.1 Å². The third-order valence-electron chi connectivity index (χ3n) is 4.81. The molecule has 0 fully saturated rings. The maximum Gasteiger partial charge on any atom is 0.244 e. The fraction of sp³-hybridized carbons (Fsp3) is 0.391. The van der Waals surface area contributed by atoms with Crippen LogP contribution in [0, 0.1) is 5.82 Å². The van der Waals surface area contributed by atoms with Crippen LogP contribution in [0.5, 0.6) is 0 Å². The van der Waals surface area contributed by atoms with Gasteiger partial charge in [-0.1, -0.05) is 49.4 Å². The van der Waals surface area contributed by atoms with Crippen LogP contribution in [0.25, 0.3) is 0 Å². The number of benzene rings is 2. The number of hydrogen-bond acceptors (Lipinski definition) is 4. The molecule has 1 unspecified atom stereocenters. The van der Waals surface area contributed by atoms with Crippen molar-refractivity contribution in [2.24, 2.45) is 0 Å². The number of rotatable bonds is 10. The smallest absolute Gasteiger partial charge is 0.244 e. The normalized spacial score (nSPS) is 12.3. The van der Waals surface area contributed by atoms with E-state index in [1.807, 2.05) is 44.2 Å². The average Bonchev–Trinajstić information content (AvgIpc) is 2.71. The van der Waals surface area contributed by atoms with E-state index in [-0.39, 0.29) is 24.2 Å². The van der Waals surface area contributed by atoms with Crippen LogP contribution in [0.2, 0.25) is 0 Å². The third-order valence-corrected chi connectivity index (χ3v) is 5.94. The number of carbonyl (C=O) groups is 2. The molecule has 2 rings (SSSR count). The Morgan fingerprint density at radius 1 is 1.03 bits per heavy atom. The summed E-state index contributed by atoms with van der Waals surface area (Å²) in [5.41, 5.74) is 0.566. The number of carbonyl (C=O) groups excluding carboxylic acids is 2. The van der Waals surface area contributed by atoms with Gasteiger partial charge in [-0.25, -0.2) is 12.8 Å². The molecule has 1 atom stereocenters. The van der Waals surface area contributed by atoms with Gasteiger partial charge >= 0.3 is 0 Å². The molecule has 0 heterocycles. The van der Waals surface area contributed by atoms with Crippen LogP contribution in [0.3, 0.4) is 0 Å². The minimum absolute atomic E-state index is 0.110. The second-order valence-electron chi connectivity index (χ2n) is 7.82. The van der Waals surface area contributed by atoms with Gasteiger partial charge in [-0.05, 0) is 38.0 Å². The van der Waals surface area contributed by atoms with E-state index in [9.17, 15) is 22.4 Å². The fourth-order valence-corrected chi connectivity index (χ4v) is 4.18. The lowest BCUT2D eigenvalue weighted by atomic mass is 10.1. The summed E-state index contributed by atoms with van der Waals surface area (Å²) in [4.78, 5) is 27.6. The van der Waals surface area contributed by atoms with Gasteiger partial charge in [0.25, 0.3) is 0 Å². The third kappa shape index (κ3) is 6.78. The highest BCUT2D eigenvalue weighted by Gasteiger charge is 2.32. The molecule has 0 saturated heterocycles. The van der Waals surface area contributed by atoms with Crippen LogP contribution in [0.1, 0.15) is 32.8 Å². The van der Waals surface area contributed by atoms with Crippen LogP contribution < -0.4 is 9.62 Å². The molecule has 9 heteroatoms. The molecule has 2 aromatic carbocycles. The van der Waals surface area contributed by atoms with Crippen molar-refractivity contribution in [3.8, 4) is 0 Å². The molecule has 0 aliphatic rings. The Labute approximate surface area is 189 Å². The van der Waals surface area contributed by atoms with Crippen molar-refractivity contribution in [1.29, 1.82) is 0 Å². The predicted molar refractivity (Wildman–Crippen MR) is 123 cm³/mol. The van der Waals surface area contributed by atoms with Crippen LogP contribution >= 0.6 is 0 Å². The Bertz CT molecular complexity index is 1030. The first-order valence-electron chi connectivity index (χ1n) is 10.4. The topological polar surface area (TPSA) is 86.8 Å². The zero-order chi connectivity index (χ0) is 23.9. The average molecular weight is 464 g/mol. The second-order valence-corrected chi connectivity index (χ2v) is 9.72. The summed E-state index contributed by atoms with van der Waals surface area (Å²) < 4.78 is 40.0. The Morgan fingerprint density at radius 3 is 2.16 bits per heavy atom. The van der Waals surface area contributed by atoms with Gasteiger partial charge in [-0.2, -0.15) is 0 Å². The quantitative estimate of drug-likeness (QED) is 0.587. The lowest BCUT2D eigenvalue weighted by molar-refractivity contribution is -0.140. The van der Waals surface area contributed by atoms with Gasteiger partial charge in [0.05, 0.1) is 11.9 Å². The molecule has 0 bridgehead atoms. The zero-order valence-electron chi connectivity index (χ0n) is 18.8. The molecule has 0 aliphatic heterocycles. The highest BCUT2D eigenvalue weighted by Crippen LogP contribution is 2.22. The molecule has 2 aromatic rings.